The van der Waals surface area contributed by atoms with Crippen molar-refractivity contribution in [1.82, 2.24) is 4.98 Å². The summed E-state index contributed by atoms with van der Waals surface area (Å²) < 4.78 is 1.06. The van der Waals surface area contributed by atoms with Gasteiger partial charge in [-0.3, -0.25) is 4.79 Å². The number of halogens is 2. The van der Waals surface area contributed by atoms with Crippen molar-refractivity contribution < 1.29 is 4.79 Å². The summed E-state index contributed by atoms with van der Waals surface area (Å²) in [6.07, 6.45) is 0. The largest absolute Gasteiger partial charge is 0.301 e. The highest BCUT2D eigenvalue weighted by molar-refractivity contribution is 7.99. The first-order valence-electron chi connectivity index (χ1n) is 6.79. The van der Waals surface area contributed by atoms with Crippen molar-refractivity contribution in [2.24, 2.45) is 0 Å². The molecule has 118 valence electrons. The topological polar surface area (TPSA) is 42.0 Å². The van der Waals surface area contributed by atoms with Crippen molar-refractivity contribution in [2.75, 3.05) is 11.1 Å². The molecular formula is C16H12Cl2N2OS2. The highest BCUT2D eigenvalue weighted by Gasteiger charge is 2.08. The van der Waals surface area contributed by atoms with Gasteiger partial charge >= 0.3 is 0 Å². The average Bonchev–Trinajstić information content (AvgIpc) is 2.93. The molecule has 1 N–H and O–H groups in total. The highest BCUT2D eigenvalue weighted by atomic mass is 35.5. The Labute approximate surface area is 152 Å². The van der Waals surface area contributed by atoms with Gasteiger partial charge in [0, 0.05) is 5.75 Å². The van der Waals surface area contributed by atoms with Crippen molar-refractivity contribution in [1.29, 1.82) is 0 Å². The van der Waals surface area contributed by atoms with Crippen molar-refractivity contribution in [2.45, 2.75) is 5.75 Å². The normalized spacial score (nSPS) is 10.9. The molecule has 0 aliphatic rings. The molecule has 0 aliphatic carbocycles. The number of thiazole rings is 1. The fraction of sp³-hybridized carbons (Fsp3) is 0.125. The van der Waals surface area contributed by atoms with Crippen LogP contribution in [0, 0.1) is 0 Å². The maximum atomic E-state index is 12.0. The van der Waals surface area contributed by atoms with E-state index < -0.39 is 0 Å². The fourth-order valence-corrected chi connectivity index (χ4v) is 3.95. The van der Waals surface area contributed by atoms with Crippen LogP contribution >= 0.6 is 46.3 Å². The smallest absolute Gasteiger partial charge is 0.236 e. The summed E-state index contributed by atoms with van der Waals surface area (Å²) in [5, 5.41) is 4.54. The Bertz CT molecular complexity index is 818. The summed E-state index contributed by atoms with van der Waals surface area (Å²) in [5.74, 6) is 0.995. The van der Waals surface area contributed by atoms with E-state index in [4.69, 9.17) is 23.2 Å². The first kappa shape index (κ1) is 16.6. The number of carbonyl (C=O) groups excluding carboxylic acids is 1. The molecule has 23 heavy (non-hydrogen) atoms. The van der Waals surface area contributed by atoms with E-state index in [-0.39, 0.29) is 5.91 Å². The van der Waals surface area contributed by atoms with Crippen molar-refractivity contribution in [3.63, 3.8) is 0 Å². The fourth-order valence-electron chi connectivity index (χ4n) is 1.97. The number of nitrogens with one attached hydrogen (secondary N) is 1. The Kier molecular flexibility index (Phi) is 5.43. The Morgan fingerprint density at radius 1 is 1.17 bits per heavy atom. The molecule has 0 aliphatic heterocycles. The van der Waals surface area contributed by atoms with Crippen LogP contribution < -0.4 is 5.32 Å². The van der Waals surface area contributed by atoms with Gasteiger partial charge in [0.15, 0.2) is 5.13 Å². The van der Waals surface area contributed by atoms with Gasteiger partial charge in [-0.2, -0.15) is 0 Å². The third kappa shape index (κ3) is 4.38. The van der Waals surface area contributed by atoms with E-state index in [0.717, 1.165) is 15.8 Å². The summed E-state index contributed by atoms with van der Waals surface area (Å²) >= 11 is 14.8. The standard InChI is InChI=1S/C16H12Cl2N2OS2/c17-11-6-5-10(7-12(11)18)8-22-9-15(21)20-16-19-13-3-1-2-4-14(13)23-16/h1-7H,8-9H2,(H,19,20,21). The number of benzene rings is 2. The molecule has 3 aromatic rings. The molecular weight excluding hydrogens is 371 g/mol. The lowest BCUT2D eigenvalue weighted by Crippen LogP contribution is -2.13. The van der Waals surface area contributed by atoms with Crippen LogP contribution in [0.2, 0.25) is 10.0 Å². The molecule has 2 aromatic carbocycles. The van der Waals surface area contributed by atoms with Gasteiger partial charge in [0.1, 0.15) is 0 Å². The minimum absolute atomic E-state index is 0.0610. The van der Waals surface area contributed by atoms with Crippen LogP contribution in [-0.4, -0.2) is 16.6 Å². The zero-order valence-electron chi connectivity index (χ0n) is 11.9. The van der Waals surface area contributed by atoms with Gasteiger partial charge < -0.3 is 5.32 Å². The first-order valence-corrected chi connectivity index (χ1v) is 9.51. The third-order valence-corrected chi connectivity index (χ3v) is 5.72. The number of anilines is 1. The van der Waals surface area contributed by atoms with Gasteiger partial charge in [0.2, 0.25) is 5.91 Å². The monoisotopic (exact) mass is 382 g/mol. The number of hydrogen-bond acceptors (Lipinski definition) is 4. The average molecular weight is 383 g/mol. The number of para-hydroxylation sites is 1. The Balaban J connectivity index is 1.52. The van der Waals surface area contributed by atoms with Crippen molar-refractivity contribution in [3.05, 3.63) is 58.1 Å². The molecule has 3 nitrogen and oxygen atoms in total. The molecule has 0 saturated carbocycles. The van der Waals surface area contributed by atoms with E-state index in [2.05, 4.69) is 10.3 Å². The number of nitrogens with zero attached hydrogens (tertiary/aromatic N) is 1. The van der Waals surface area contributed by atoms with Gasteiger partial charge in [0.25, 0.3) is 0 Å². The van der Waals surface area contributed by atoms with Crippen LogP contribution in [0.3, 0.4) is 0 Å². The van der Waals surface area contributed by atoms with Crippen LogP contribution in [-0.2, 0) is 10.5 Å². The zero-order valence-corrected chi connectivity index (χ0v) is 15.0. The number of thioether (sulfide) groups is 1. The van der Waals surface area contributed by atoms with E-state index >= 15 is 0 Å². The number of carbonyl (C=O) groups is 1. The summed E-state index contributed by atoms with van der Waals surface area (Å²) in [6, 6.07) is 13.3. The van der Waals surface area contributed by atoms with E-state index in [1.165, 1.54) is 23.1 Å². The van der Waals surface area contributed by atoms with Gasteiger partial charge in [-0.15, -0.1) is 11.8 Å². The number of aromatic nitrogens is 1. The third-order valence-electron chi connectivity index (χ3n) is 3.03. The summed E-state index contributed by atoms with van der Waals surface area (Å²) in [5.41, 5.74) is 1.94. The molecule has 3 rings (SSSR count). The zero-order chi connectivity index (χ0) is 16.2. The summed E-state index contributed by atoms with van der Waals surface area (Å²) in [6.45, 7) is 0. The number of hydrogen-bond donors (Lipinski definition) is 1. The van der Waals surface area contributed by atoms with Crippen LogP contribution in [0.1, 0.15) is 5.56 Å². The van der Waals surface area contributed by atoms with Gasteiger partial charge in [-0.25, -0.2) is 4.98 Å². The van der Waals surface area contributed by atoms with Crippen molar-refractivity contribution in [3.8, 4) is 0 Å². The second kappa shape index (κ2) is 7.53. The first-order chi connectivity index (χ1) is 11.1. The second-order valence-corrected chi connectivity index (χ2v) is 7.61. The molecule has 1 amide bonds. The quantitative estimate of drug-likeness (QED) is 0.635. The number of fused-ring (bicyclic) bond motifs is 1. The van der Waals surface area contributed by atoms with Gasteiger partial charge in [-0.05, 0) is 29.8 Å². The van der Waals surface area contributed by atoms with E-state index in [1.54, 1.807) is 6.07 Å². The molecule has 0 bridgehead atoms. The van der Waals surface area contributed by atoms with E-state index in [1.807, 2.05) is 36.4 Å². The lowest BCUT2D eigenvalue weighted by atomic mass is 10.2. The Hall–Kier alpha value is -1.27. The SMILES string of the molecule is O=C(CSCc1ccc(Cl)c(Cl)c1)Nc1nc2ccccc2s1. The summed E-state index contributed by atoms with van der Waals surface area (Å²) in [7, 11) is 0. The molecule has 0 saturated heterocycles. The second-order valence-electron chi connectivity index (χ2n) is 4.78. The Morgan fingerprint density at radius 2 is 2.00 bits per heavy atom. The maximum Gasteiger partial charge on any atom is 0.236 e. The van der Waals surface area contributed by atoms with Crippen LogP contribution in [0.25, 0.3) is 10.2 Å². The van der Waals surface area contributed by atoms with E-state index in [9.17, 15) is 4.79 Å². The highest BCUT2D eigenvalue weighted by Crippen LogP contribution is 2.26. The predicted octanol–water partition coefficient (Wildman–Crippen LogP) is 5.48. The number of rotatable bonds is 5. The molecule has 1 aromatic heterocycles. The molecule has 0 unspecified atom stereocenters. The minimum atomic E-state index is -0.0610. The van der Waals surface area contributed by atoms with Gasteiger partial charge in [0.05, 0.1) is 26.0 Å². The number of amides is 1. The van der Waals surface area contributed by atoms with Crippen LogP contribution in [0.5, 0.6) is 0 Å². The lowest BCUT2D eigenvalue weighted by molar-refractivity contribution is -0.113. The Morgan fingerprint density at radius 3 is 2.78 bits per heavy atom. The molecule has 7 heteroatoms. The van der Waals surface area contributed by atoms with Gasteiger partial charge in [-0.1, -0.05) is 52.7 Å². The summed E-state index contributed by atoms with van der Waals surface area (Å²) in [4.78, 5) is 16.4. The molecule has 1 heterocycles. The molecule has 0 spiro atoms. The molecule has 0 radical (unpaired) electrons. The van der Waals surface area contributed by atoms with Crippen LogP contribution in [0.15, 0.2) is 42.5 Å². The van der Waals surface area contributed by atoms with E-state index in [0.29, 0.717) is 26.7 Å². The molecule has 0 atom stereocenters. The lowest BCUT2D eigenvalue weighted by Gasteiger charge is -2.04. The minimum Gasteiger partial charge on any atom is -0.301 e. The maximum absolute atomic E-state index is 12.0. The molecule has 0 fully saturated rings. The van der Waals surface area contributed by atoms with Crippen molar-refractivity contribution >= 4 is 67.6 Å². The predicted molar refractivity (Wildman–Crippen MR) is 101 cm³/mol. The van der Waals surface area contributed by atoms with Crippen LogP contribution in [0.4, 0.5) is 5.13 Å².